The highest BCUT2D eigenvalue weighted by Crippen LogP contribution is 2.30. The highest BCUT2D eigenvalue weighted by Gasteiger charge is 2.06. The van der Waals surface area contributed by atoms with Gasteiger partial charge in [0.1, 0.15) is 0 Å². The van der Waals surface area contributed by atoms with Gasteiger partial charge < -0.3 is 0 Å². The van der Waals surface area contributed by atoms with Gasteiger partial charge in [-0.25, -0.2) is 0 Å². The van der Waals surface area contributed by atoms with E-state index in [1.165, 1.54) is 11.3 Å². The molecule has 0 fully saturated rings. The van der Waals surface area contributed by atoms with Crippen molar-refractivity contribution in [3.63, 3.8) is 0 Å². The highest BCUT2D eigenvalue weighted by molar-refractivity contribution is 14.1. The van der Waals surface area contributed by atoms with Gasteiger partial charge >= 0.3 is 0 Å². The van der Waals surface area contributed by atoms with Gasteiger partial charge in [-0.05, 0) is 51.7 Å². The lowest BCUT2D eigenvalue weighted by Gasteiger charge is -1.98. The smallest absolute Gasteiger partial charge is 0.177 e. The molecule has 68 valence electrons. The first-order valence-electron chi connectivity index (χ1n) is 3.64. The highest BCUT2D eigenvalue weighted by atomic mass is 127. The van der Waals surface area contributed by atoms with Crippen LogP contribution in [0.15, 0.2) is 18.2 Å². The molecule has 0 aliphatic rings. The van der Waals surface area contributed by atoms with Crippen LogP contribution < -0.4 is 0 Å². The van der Waals surface area contributed by atoms with Crippen molar-refractivity contribution in [1.82, 2.24) is 0 Å². The van der Waals surface area contributed by atoms with E-state index in [9.17, 15) is 4.39 Å². The van der Waals surface area contributed by atoms with E-state index in [-0.39, 0.29) is 5.13 Å². The van der Waals surface area contributed by atoms with Crippen molar-refractivity contribution in [1.29, 1.82) is 0 Å². The molecule has 2 aromatic rings. The van der Waals surface area contributed by atoms with Crippen LogP contribution in [0.2, 0.25) is 0 Å². The van der Waals surface area contributed by atoms with Crippen molar-refractivity contribution in [3.05, 3.63) is 32.5 Å². The van der Waals surface area contributed by atoms with Crippen LogP contribution in [0.4, 0.5) is 4.39 Å². The summed E-state index contributed by atoms with van der Waals surface area (Å²) in [6.07, 6.45) is 0. The molecule has 4 heteroatoms. The number of benzene rings is 1. The zero-order chi connectivity index (χ0) is 9.42. The van der Waals surface area contributed by atoms with Gasteiger partial charge in [0.15, 0.2) is 5.13 Å². The van der Waals surface area contributed by atoms with Crippen molar-refractivity contribution in [2.24, 2.45) is 0 Å². The molecule has 0 aliphatic heterocycles. The van der Waals surface area contributed by atoms with E-state index in [0.717, 1.165) is 24.5 Å². The minimum atomic E-state index is -0.112. The minimum absolute atomic E-state index is 0.112. The molecule has 0 bridgehead atoms. The van der Waals surface area contributed by atoms with E-state index < -0.39 is 0 Å². The van der Waals surface area contributed by atoms with Crippen molar-refractivity contribution < 1.29 is 4.39 Å². The Labute approximate surface area is 101 Å². The number of rotatable bonds is 1. The fraction of sp³-hybridized carbons (Fsp3) is 0.111. The van der Waals surface area contributed by atoms with Gasteiger partial charge in [-0.1, -0.05) is 15.9 Å². The second-order valence-corrected chi connectivity index (χ2v) is 5.50. The van der Waals surface area contributed by atoms with Gasteiger partial charge in [-0.2, -0.15) is 4.39 Å². The van der Waals surface area contributed by atoms with E-state index in [4.69, 9.17) is 0 Å². The third kappa shape index (κ3) is 1.89. The lowest BCUT2D eigenvalue weighted by molar-refractivity contribution is 0.658. The summed E-state index contributed by atoms with van der Waals surface area (Å²) in [6.45, 7) is 0. The summed E-state index contributed by atoms with van der Waals surface area (Å²) >= 11 is 6.85. The molecule has 13 heavy (non-hydrogen) atoms. The maximum Gasteiger partial charge on any atom is 0.177 e. The molecule has 0 saturated carbocycles. The molecule has 1 aromatic carbocycles. The summed E-state index contributed by atoms with van der Waals surface area (Å²) in [5, 5.41) is 1.69. The molecule has 2 rings (SSSR count). The fourth-order valence-electron chi connectivity index (χ4n) is 1.25. The number of halogens is 3. The van der Waals surface area contributed by atoms with E-state index in [1.54, 1.807) is 6.07 Å². The van der Waals surface area contributed by atoms with Crippen LogP contribution in [-0.2, 0) is 5.33 Å². The average molecular weight is 371 g/mol. The fourth-order valence-corrected chi connectivity index (χ4v) is 3.49. The van der Waals surface area contributed by atoms with Gasteiger partial charge in [0.2, 0.25) is 0 Å². The molecule has 0 saturated heterocycles. The summed E-state index contributed by atoms with van der Waals surface area (Å²) in [5.41, 5.74) is 1.15. The molecule has 0 nitrogen and oxygen atoms in total. The monoisotopic (exact) mass is 370 g/mol. The topological polar surface area (TPSA) is 0 Å². The summed E-state index contributed by atoms with van der Waals surface area (Å²) in [5.74, 6) is 0. The molecule has 0 amide bonds. The first kappa shape index (κ1) is 9.86. The molecule has 0 N–H and O–H groups in total. The zero-order valence-corrected chi connectivity index (χ0v) is 11.0. The van der Waals surface area contributed by atoms with Crippen LogP contribution in [-0.4, -0.2) is 0 Å². The number of fused-ring (bicyclic) bond motifs is 1. The van der Waals surface area contributed by atoms with E-state index >= 15 is 0 Å². The quantitative estimate of drug-likeness (QED) is 0.510. The van der Waals surface area contributed by atoms with Gasteiger partial charge in [-0.15, -0.1) is 11.3 Å². The average Bonchev–Trinajstić information content (AvgIpc) is 2.43. The van der Waals surface area contributed by atoms with Crippen LogP contribution in [0, 0.1) is 8.70 Å². The molecule has 0 atom stereocenters. The predicted octanol–water partition coefficient (Wildman–Crippen LogP) is 4.54. The van der Waals surface area contributed by atoms with E-state index in [0.29, 0.717) is 0 Å². The van der Waals surface area contributed by atoms with Crippen molar-refractivity contribution >= 4 is 59.9 Å². The third-order valence-electron chi connectivity index (χ3n) is 1.80. The Kier molecular flexibility index (Phi) is 2.90. The van der Waals surface area contributed by atoms with Crippen molar-refractivity contribution in [2.45, 2.75) is 5.33 Å². The van der Waals surface area contributed by atoms with Crippen LogP contribution in [0.25, 0.3) is 10.1 Å². The Morgan fingerprint density at radius 3 is 2.85 bits per heavy atom. The zero-order valence-electron chi connectivity index (χ0n) is 6.48. The van der Waals surface area contributed by atoms with Crippen LogP contribution in [0.1, 0.15) is 5.56 Å². The van der Waals surface area contributed by atoms with Gasteiger partial charge in [0, 0.05) is 13.6 Å². The first-order chi connectivity index (χ1) is 6.20. The molecule has 0 aliphatic carbocycles. The summed E-state index contributed by atoms with van der Waals surface area (Å²) < 4.78 is 15.2. The van der Waals surface area contributed by atoms with Crippen LogP contribution >= 0.6 is 49.9 Å². The molecule has 0 unspecified atom stereocenters. The van der Waals surface area contributed by atoms with E-state index in [1.807, 2.05) is 6.07 Å². The molecular formula is C9H5BrFIS. The standard InChI is InChI=1S/C9H5BrFIS/c10-4-5-1-6(12)2-8-7(5)3-9(11)13-8/h1-3H,4H2. The van der Waals surface area contributed by atoms with E-state index in [2.05, 4.69) is 44.6 Å². The number of alkyl halides is 1. The summed E-state index contributed by atoms with van der Waals surface area (Å²) in [4.78, 5) is 0. The predicted molar refractivity (Wildman–Crippen MR) is 67.1 cm³/mol. The molecular weight excluding hydrogens is 366 g/mol. The first-order valence-corrected chi connectivity index (χ1v) is 6.66. The van der Waals surface area contributed by atoms with Gasteiger partial charge in [-0.3, -0.25) is 0 Å². The normalized spacial score (nSPS) is 11.0. The van der Waals surface area contributed by atoms with Gasteiger partial charge in [0.05, 0.1) is 0 Å². The largest absolute Gasteiger partial charge is 0.195 e. The lowest BCUT2D eigenvalue weighted by atomic mass is 10.2. The maximum absolute atomic E-state index is 13.0. The van der Waals surface area contributed by atoms with Crippen molar-refractivity contribution in [2.75, 3.05) is 0 Å². The Morgan fingerprint density at radius 2 is 2.15 bits per heavy atom. The number of thiophene rings is 1. The lowest BCUT2D eigenvalue weighted by Crippen LogP contribution is -1.80. The minimum Gasteiger partial charge on any atom is -0.195 e. The molecule has 0 radical (unpaired) electrons. The van der Waals surface area contributed by atoms with Crippen LogP contribution in [0.3, 0.4) is 0 Å². The Bertz CT molecular complexity index is 452. The van der Waals surface area contributed by atoms with Crippen LogP contribution in [0.5, 0.6) is 0 Å². The number of hydrogen-bond donors (Lipinski definition) is 0. The Hall–Kier alpha value is 0.320. The molecule has 1 heterocycles. The Morgan fingerprint density at radius 1 is 1.38 bits per heavy atom. The second kappa shape index (κ2) is 3.82. The third-order valence-corrected chi connectivity index (χ3v) is 3.90. The van der Waals surface area contributed by atoms with Crippen molar-refractivity contribution in [3.8, 4) is 0 Å². The van der Waals surface area contributed by atoms with Gasteiger partial charge in [0.25, 0.3) is 0 Å². The SMILES string of the molecule is Fc1cc2c(CBr)cc(I)cc2s1. The Balaban J connectivity index is 2.80. The second-order valence-electron chi connectivity index (χ2n) is 2.66. The maximum atomic E-state index is 13.0. The molecule has 1 aromatic heterocycles. The summed E-state index contributed by atoms with van der Waals surface area (Å²) in [7, 11) is 0. The number of hydrogen-bond acceptors (Lipinski definition) is 1. The summed E-state index contributed by atoms with van der Waals surface area (Å²) in [6, 6.07) is 5.69. The molecule has 0 spiro atoms.